The van der Waals surface area contributed by atoms with Crippen LogP contribution in [0.3, 0.4) is 0 Å². The second-order valence-corrected chi connectivity index (χ2v) is 16.5. The van der Waals surface area contributed by atoms with Gasteiger partial charge in [0.15, 0.2) is 0 Å². The summed E-state index contributed by atoms with van der Waals surface area (Å²) in [5.41, 5.74) is 3.72. The maximum Gasteiger partial charge on any atom is 0.338 e. The molecule has 5 aliphatic rings. The normalized spacial score (nSPS) is 48.2. The molecule has 0 spiro atoms. The molecule has 1 aromatic carbocycles. The van der Waals surface area contributed by atoms with E-state index in [1.807, 2.05) is 30.3 Å². The molecule has 0 aliphatic heterocycles. The van der Waals surface area contributed by atoms with Gasteiger partial charge in [-0.3, -0.25) is 0 Å². The first kappa shape index (κ1) is 27.6. The third kappa shape index (κ3) is 3.74. The predicted molar refractivity (Wildman–Crippen MR) is 160 cm³/mol. The van der Waals surface area contributed by atoms with Crippen molar-refractivity contribution in [3.63, 3.8) is 0 Å². The van der Waals surface area contributed by atoms with Gasteiger partial charge in [-0.2, -0.15) is 0 Å². The molecule has 5 aliphatic carbocycles. The van der Waals surface area contributed by atoms with Gasteiger partial charge in [-0.15, -0.1) is 0 Å². The second-order valence-electron chi connectivity index (χ2n) is 16.5. The van der Waals surface area contributed by atoms with Gasteiger partial charge in [0.1, 0.15) is 6.10 Å². The Hall–Kier alpha value is -1.57. The van der Waals surface area contributed by atoms with Gasteiger partial charge in [0.2, 0.25) is 0 Å². The van der Waals surface area contributed by atoms with Crippen molar-refractivity contribution < 1.29 is 9.53 Å². The van der Waals surface area contributed by atoms with E-state index in [0.717, 1.165) is 30.1 Å². The lowest BCUT2D eigenvalue weighted by Gasteiger charge is -2.73. The third-order valence-corrected chi connectivity index (χ3v) is 14.7. The number of hydrogen-bond donors (Lipinski definition) is 0. The fraction of sp³-hybridized carbons (Fsp3) is 0.757. The number of carbonyl (C=O) groups excluding carboxylic acids is 1. The summed E-state index contributed by atoms with van der Waals surface area (Å²) >= 11 is 0. The standard InChI is InChI=1S/C37H54O2/c1-24(2)26-16-19-34(5)22-23-36(7)27(31(26)34)14-15-29-35(6)20-18-30(39-32(38)25-12-10-9-11-13-25)33(3,4)28(35)17-21-37(29,36)8/h9-13,26-31H,1,14-23H2,2-8H3/t26-,27+,28+,29+,30+,31+,34+,35-,36+,37+/m1/s1. The lowest BCUT2D eigenvalue weighted by molar-refractivity contribution is -0.246. The summed E-state index contributed by atoms with van der Waals surface area (Å²) < 4.78 is 6.30. The maximum absolute atomic E-state index is 13.1. The zero-order valence-corrected chi connectivity index (χ0v) is 25.9. The van der Waals surface area contributed by atoms with Crippen LogP contribution in [0.4, 0.5) is 0 Å². The van der Waals surface area contributed by atoms with Gasteiger partial charge in [-0.1, -0.05) is 71.9 Å². The molecule has 0 aromatic heterocycles. The van der Waals surface area contributed by atoms with Crippen LogP contribution in [0, 0.1) is 56.7 Å². The van der Waals surface area contributed by atoms with Crippen molar-refractivity contribution in [1.82, 2.24) is 0 Å². The summed E-state index contributed by atoms with van der Waals surface area (Å²) in [4.78, 5) is 13.1. The van der Waals surface area contributed by atoms with Crippen molar-refractivity contribution >= 4 is 5.97 Å². The molecule has 2 heteroatoms. The van der Waals surface area contributed by atoms with Crippen LogP contribution in [0.25, 0.3) is 0 Å². The highest BCUT2D eigenvalue weighted by atomic mass is 16.5. The fourth-order valence-electron chi connectivity index (χ4n) is 12.4. The van der Waals surface area contributed by atoms with Crippen molar-refractivity contribution in [3.05, 3.63) is 48.0 Å². The first-order chi connectivity index (χ1) is 18.3. The average molecular weight is 531 g/mol. The highest BCUT2D eigenvalue weighted by Crippen LogP contribution is 2.77. The molecule has 1 aromatic rings. The molecule has 0 bridgehead atoms. The van der Waals surface area contributed by atoms with E-state index < -0.39 is 0 Å². The monoisotopic (exact) mass is 530 g/mol. The van der Waals surface area contributed by atoms with Crippen molar-refractivity contribution in [3.8, 4) is 0 Å². The number of carbonyl (C=O) groups is 1. The number of hydrogen-bond acceptors (Lipinski definition) is 2. The number of benzene rings is 1. The molecule has 214 valence electrons. The van der Waals surface area contributed by atoms with Gasteiger partial charge in [-0.05, 0) is 135 Å². The quantitative estimate of drug-likeness (QED) is 0.287. The molecule has 0 N–H and O–H groups in total. The Morgan fingerprint density at radius 2 is 1.51 bits per heavy atom. The first-order valence-electron chi connectivity index (χ1n) is 16.2. The van der Waals surface area contributed by atoms with Gasteiger partial charge < -0.3 is 4.74 Å². The molecular formula is C37H54O2. The van der Waals surface area contributed by atoms with E-state index in [1.165, 1.54) is 63.4 Å². The number of ether oxygens (including phenoxy) is 1. The molecule has 6 rings (SSSR count). The molecular weight excluding hydrogens is 476 g/mol. The van der Waals surface area contributed by atoms with Crippen molar-refractivity contribution in [2.75, 3.05) is 0 Å². The highest BCUT2D eigenvalue weighted by Gasteiger charge is 2.70. The summed E-state index contributed by atoms with van der Waals surface area (Å²) in [5, 5.41) is 0. The van der Waals surface area contributed by atoms with Crippen LogP contribution < -0.4 is 0 Å². The number of rotatable bonds is 3. The predicted octanol–water partition coefficient (Wildman–Crippen LogP) is 9.89. The first-order valence-corrected chi connectivity index (χ1v) is 16.2. The molecule has 39 heavy (non-hydrogen) atoms. The van der Waals surface area contributed by atoms with Crippen molar-refractivity contribution in [2.24, 2.45) is 56.7 Å². The minimum absolute atomic E-state index is 0.00948. The molecule has 2 nitrogen and oxygen atoms in total. The molecule has 0 radical (unpaired) electrons. The Kier molecular flexibility index (Phi) is 6.34. The Labute approximate surface area is 238 Å². The maximum atomic E-state index is 13.1. The molecule has 0 unspecified atom stereocenters. The van der Waals surface area contributed by atoms with Crippen molar-refractivity contribution in [1.29, 1.82) is 0 Å². The van der Waals surface area contributed by atoms with Crippen molar-refractivity contribution in [2.45, 2.75) is 119 Å². The zero-order chi connectivity index (χ0) is 28.0. The fourth-order valence-corrected chi connectivity index (χ4v) is 12.4. The minimum Gasteiger partial charge on any atom is -0.458 e. The summed E-state index contributed by atoms with van der Waals surface area (Å²) in [6.07, 6.45) is 13.1. The SMILES string of the molecule is C=C(C)[C@H]1CC[C@@]2(C)CC[C@@]3(C)[C@@H](CC[C@H]4[C@]5(C)CC[C@H](OC(=O)c6ccccc6)C(C)(C)[C@@H]5CC[C@@]43C)[C@H]12. The summed E-state index contributed by atoms with van der Waals surface area (Å²) in [7, 11) is 0. The van der Waals surface area contributed by atoms with Crippen LogP contribution in [0.2, 0.25) is 0 Å². The van der Waals surface area contributed by atoms with Crippen LogP contribution >= 0.6 is 0 Å². The second kappa shape index (κ2) is 8.96. The number of esters is 1. The van der Waals surface area contributed by atoms with E-state index in [0.29, 0.717) is 33.1 Å². The van der Waals surface area contributed by atoms with Gasteiger partial charge in [-0.25, -0.2) is 4.79 Å². The van der Waals surface area contributed by atoms with Crippen LogP contribution in [0.5, 0.6) is 0 Å². The minimum atomic E-state index is -0.153. The molecule has 0 amide bonds. The largest absolute Gasteiger partial charge is 0.458 e. The molecule has 0 saturated heterocycles. The van der Waals surface area contributed by atoms with Crippen LogP contribution in [0.1, 0.15) is 123 Å². The third-order valence-electron chi connectivity index (χ3n) is 14.7. The average Bonchev–Trinajstić information content (AvgIpc) is 3.24. The highest BCUT2D eigenvalue weighted by molar-refractivity contribution is 5.89. The van der Waals surface area contributed by atoms with Crippen LogP contribution in [-0.4, -0.2) is 12.1 Å². The molecule has 5 saturated carbocycles. The zero-order valence-electron chi connectivity index (χ0n) is 25.9. The number of fused-ring (bicyclic) bond motifs is 7. The Balaban J connectivity index is 1.28. The Morgan fingerprint density at radius 1 is 0.795 bits per heavy atom. The lowest BCUT2D eigenvalue weighted by Crippen LogP contribution is -2.66. The van der Waals surface area contributed by atoms with E-state index in [1.54, 1.807) is 0 Å². The Morgan fingerprint density at radius 3 is 2.21 bits per heavy atom. The van der Waals surface area contributed by atoms with Gasteiger partial charge in [0.05, 0.1) is 5.56 Å². The Bertz CT molecular complexity index is 1140. The molecule has 10 atom stereocenters. The molecule has 0 heterocycles. The van der Waals surface area contributed by atoms with E-state index in [2.05, 4.69) is 55.0 Å². The van der Waals surface area contributed by atoms with Crippen LogP contribution in [-0.2, 0) is 4.74 Å². The number of allylic oxidation sites excluding steroid dienone is 1. The molecule has 5 fully saturated rings. The van der Waals surface area contributed by atoms with E-state index >= 15 is 0 Å². The van der Waals surface area contributed by atoms with Gasteiger partial charge in [0.25, 0.3) is 0 Å². The summed E-state index contributed by atoms with van der Waals surface area (Å²) in [6.45, 7) is 22.4. The van der Waals surface area contributed by atoms with E-state index in [-0.39, 0.29) is 17.5 Å². The topological polar surface area (TPSA) is 26.3 Å². The van der Waals surface area contributed by atoms with Crippen LogP contribution in [0.15, 0.2) is 42.5 Å². The smallest absolute Gasteiger partial charge is 0.338 e. The van der Waals surface area contributed by atoms with E-state index in [4.69, 9.17) is 4.74 Å². The van der Waals surface area contributed by atoms with E-state index in [9.17, 15) is 4.79 Å². The van der Waals surface area contributed by atoms with Gasteiger partial charge in [0, 0.05) is 5.41 Å². The summed E-state index contributed by atoms with van der Waals surface area (Å²) in [5.74, 6) is 3.57. The lowest BCUT2D eigenvalue weighted by atomic mass is 9.32. The summed E-state index contributed by atoms with van der Waals surface area (Å²) in [6, 6.07) is 9.57. The van der Waals surface area contributed by atoms with Gasteiger partial charge >= 0.3 is 5.97 Å².